The van der Waals surface area contributed by atoms with Crippen LogP contribution in [0.5, 0.6) is 0 Å². The number of aliphatic carboxylic acids is 1. The van der Waals surface area contributed by atoms with Crippen molar-refractivity contribution < 1.29 is 9.90 Å². The molecule has 1 N–H and O–H groups in total. The first-order valence-corrected chi connectivity index (χ1v) is 6.98. The highest BCUT2D eigenvalue weighted by atomic mass is 16.4. The molecule has 0 aromatic rings. The van der Waals surface area contributed by atoms with E-state index in [-0.39, 0.29) is 6.04 Å². The van der Waals surface area contributed by atoms with Gasteiger partial charge in [-0.05, 0) is 39.2 Å². The van der Waals surface area contributed by atoms with Crippen LogP contribution in [0.2, 0.25) is 0 Å². The monoisotopic (exact) mass is 252 g/mol. The van der Waals surface area contributed by atoms with Crippen molar-refractivity contribution in [2.45, 2.75) is 50.7 Å². The highest BCUT2D eigenvalue weighted by molar-refractivity contribution is 5.73. The molecule has 2 fully saturated rings. The Morgan fingerprint density at radius 2 is 2.00 bits per heavy atom. The molecule has 0 aliphatic carbocycles. The third-order valence-corrected chi connectivity index (χ3v) is 4.46. The summed E-state index contributed by atoms with van der Waals surface area (Å²) in [4.78, 5) is 15.9. The molecule has 0 spiro atoms. The summed E-state index contributed by atoms with van der Waals surface area (Å²) >= 11 is 0. The zero-order valence-corrected chi connectivity index (χ0v) is 11.2. The van der Waals surface area contributed by atoms with Crippen LogP contribution in [0.15, 0.2) is 12.7 Å². The average molecular weight is 252 g/mol. The van der Waals surface area contributed by atoms with Crippen LogP contribution in [0, 0.1) is 0 Å². The molecule has 2 rings (SSSR count). The van der Waals surface area contributed by atoms with E-state index in [1.54, 1.807) is 0 Å². The fourth-order valence-electron chi connectivity index (χ4n) is 3.27. The summed E-state index contributed by atoms with van der Waals surface area (Å²) in [5.41, 5.74) is 0. The summed E-state index contributed by atoms with van der Waals surface area (Å²) in [6, 6.07) is 0.653. The molecular weight excluding hydrogens is 228 g/mol. The smallest absolute Gasteiger partial charge is 0.320 e. The van der Waals surface area contributed by atoms with Gasteiger partial charge in [0.25, 0.3) is 0 Å². The van der Waals surface area contributed by atoms with E-state index in [0.29, 0.717) is 12.1 Å². The van der Waals surface area contributed by atoms with Gasteiger partial charge in [-0.1, -0.05) is 6.08 Å². The van der Waals surface area contributed by atoms with E-state index < -0.39 is 5.97 Å². The molecule has 4 nitrogen and oxygen atoms in total. The Bertz CT molecular complexity index is 311. The van der Waals surface area contributed by atoms with Crippen molar-refractivity contribution in [3.05, 3.63) is 12.7 Å². The molecule has 0 saturated carbocycles. The zero-order chi connectivity index (χ0) is 13.1. The van der Waals surface area contributed by atoms with E-state index in [0.717, 1.165) is 45.3 Å². The fraction of sp³-hybridized carbons (Fsp3) is 0.786. The van der Waals surface area contributed by atoms with Crippen LogP contribution < -0.4 is 0 Å². The molecular formula is C14H24N2O2. The van der Waals surface area contributed by atoms with Crippen molar-refractivity contribution in [1.29, 1.82) is 0 Å². The van der Waals surface area contributed by atoms with Crippen LogP contribution >= 0.6 is 0 Å². The molecule has 2 atom stereocenters. The number of carboxylic acid groups (broad SMARTS) is 1. The lowest BCUT2D eigenvalue weighted by Crippen LogP contribution is -2.50. The SMILES string of the molecule is C=CC(C)N1CCC(N2CCCC2C(=O)O)CC1. The van der Waals surface area contributed by atoms with Crippen molar-refractivity contribution in [3.8, 4) is 0 Å². The number of nitrogens with zero attached hydrogens (tertiary/aromatic N) is 2. The summed E-state index contributed by atoms with van der Waals surface area (Å²) in [6.45, 7) is 9.08. The first kappa shape index (κ1) is 13.6. The molecule has 2 aliphatic rings. The summed E-state index contributed by atoms with van der Waals surface area (Å²) in [6.07, 6.45) is 6.00. The second kappa shape index (κ2) is 5.85. The largest absolute Gasteiger partial charge is 0.480 e. The van der Waals surface area contributed by atoms with Crippen molar-refractivity contribution in [1.82, 2.24) is 9.80 Å². The van der Waals surface area contributed by atoms with E-state index in [9.17, 15) is 9.90 Å². The van der Waals surface area contributed by atoms with Gasteiger partial charge in [-0.2, -0.15) is 0 Å². The second-order valence-corrected chi connectivity index (χ2v) is 5.48. The Hall–Kier alpha value is -0.870. The van der Waals surface area contributed by atoms with Crippen LogP contribution in [0.3, 0.4) is 0 Å². The number of piperidine rings is 1. The molecule has 2 saturated heterocycles. The summed E-state index contributed by atoms with van der Waals surface area (Å²) in [7, 11) is 0. The first-order chi connectivity index (χ1) is 8.63. The maximum absolute atomic E-state index is 11.2. The van der Waals surface area contributed by atoms with Crippen molar-refractivity contribution in [2.24, 2.45) is 0 Å². The quantitative estimate of drug-likeness (QED) is 0.771. The number of likely N-dealkylation sites (tertiary alicyclic amines) is 2. The summed E-state index contributed by atoms with van der Waals surface area (Å²) in [5.74, 6) is -0.644. The van der Waals surface area contributed by atoms with Gasteiger partial charge in [0.05, 0.1) is 0 Å². The molecule has 0 aromatic carbocycles. The summed E-state index contributed by atoms with van der Waals surface area (Å²) in [5, 5.41) is 9.23. The van der Waals surface area contributed by atoms with Gasteiger partial charge >= 0.3 is 5.97 Å². The van der Waals surface area contributed by atoms with Gasteiger partial charge in [0.2, 0.25) is 0 Å². The molecule has 0 radical (unpaired) electrons. The lowest BCUT2D eigenvalue weighted by molar-refractivity contribution is -0.143. The van der Waals surface area contributed by atoms with Gasteiger partial charge in [-0.25, -0.2) is 0 Å². The van der Waals surface area contributed by atoms with Gasteiger partial charge in [-0.15, -0.1) is 6.58 Å². The van der Waals surface area contributed by atoms with Gasteiger partial charge in [-0.3, -0.25) is 14.6 Å². The number of hydrogen-bond acceptors (Lipinski definition) is 3. The highest BCUT2D eigenvalue weighted by Crippen LogP contribution is 2.26. The third kappa shape index (κ3) is 2.75. The van der Waals surface area contributed by atoms with E-state index in [2.05, 4.69) is 23.3 Å². The van der Waals surface area contributed by atoms with Crippen LogP contribution in [-0.4, -0.2) is 58.6 Å². The van der Waals surface area contributed by atoms with Crippen LogP contribution in [0.4, 0.5) is 0 Å². The zero-order valence-electron chi connectivity index (χ0n) is 11.2. The lowest BCUT2D eigenvalue weighted by Gasteiger charge is -2.40. The number of carboxylic acids is 1. The van der Waals surface area contributed by atoms with Crippen LogP contribution in [0.25, 0.3) is 0 Å². The molecule has 0 bridgehead atoms. The molecule has 18 heavy (non-hydrogen) atoms. The Labute approximate surface area is 109 Å². The van der Waals surface area contributed by atoms with Crippen molar-refractivity contribution in [3.63, 3.8) is 0 Å². The molecule has 2 aliphatic heterocycles. The van der Waals surface area contributed by atoms with E-state index in [1.165, 1.54) is 0 Å². The third-order valence-electron chi connectivity index (χ3n) is 4.46. The molecule has 0 aromatic heterocycles. The van der Waals surface area contributed by atoms with E-state index in [1.807, 2.05) is 6.08 Å². The maximum atomic E-state index is 11.2. The second-order valence-electron chi connectivity index (χ2n) is 5.48. The first-order valence-electron chi connectivity index (χ1n) is 6.98. The number of rotatable bonds is 4. The highest BCUT2D eigenvalue weighted by Gasteiger charge is 2.36. The summed E-state index contributed by atoms with van der Waals surface area (Å²) < 4.78 is 0. The maximum Gasteiger partial charge on any atom is 0.320 e. The Balaban J connectivity index is 1.89. The predicted molar refractivity (Wildman–Crippen MR) is 71.6 cm³/mol. The fourth-order valence-corrected chi connectivity index (χ4v) is 3.27. The minimum atomic E-state index is -0.644. The Morgan fingerprint density at radius 3 is 2.56 bits per heavy atom. The predicted octanol–water partition coefficient (Wildman–Crippen LogP) is 1.57. The molecule has 0 amide bonds. The number of hydrogen-bond donors (Lipinski definition) is 1. The normalized spacial score (nSPS) is 29.3. The minimum absolute atomic E-state index is 0.238. The average Bonchev–Trinajstić information content (AvgIpc) is 2.87. The van der Waals surface area contributed by atoms with E-state index >= 15 is 0 Å². The van der Waals surface area contributed by atoms with Crippen molar-refractivity contribution in [2.75, 3.05) is 19.6 Å². The van der Waals surface area contributed by atoms with Gasteiger partial charge in [0, 0.05) is 25.2 Å². The van der Waals surface area contributed by atoms with Crippen molar-refractivity contribution >= 4 is 5.97 Å². The van der Waals surface area contributed by atoms with Crippen LogP contribution in [-0.2, 0) is 4.79 Å². The van der Waals surface area contributed by atoms with Gasteiger partial charge in [0.15, 0.2) is 0 Å². The Kier molecular flexibility index (Phi) is 4.40. The van der Waals surface area contributed by atoms with Crippen LogP contribution in [0.1, 0.15) is 32.6 Å². The van der Waals surface area contributed by atoms with Gasteiger partial charge in [0.1, 0.15) is 6.04 Å². The lowest BCUT2D eigenvalue weighted by atomic mass is 10.0. The van der Waals surface area contributed by atoms with Gasteiger partial charge < -0.3 is 5.11 Å². The Morgan fingerprint density at radius 1 is 1.33 bits per heavy atom. The molecule has 2 unspecified atom stereocenters. The molecule has 2 heterocycles. The molecule has 4 heteroatoms. The molecule has 102 valence electrons. The van der Waals surface area contributed by atoms with E-state index in [4.69, 9.17) is 0 Å². The topological polar surface area (TPSA) is 43.8 Å². The standard InChI is InChI=1S/C14H24N2O2/c1-3-11(2)15-9-6-12(7-10-15)16-8-4-5-13(16)14(17)18/h3,11-13H,1,4-10H2,2H3,(H,17,18). The number of carbonyl (C=O) groups is 1. The minimum Gasteiger partial charge on any atom is -0.480 e.